The Labute approximate surface area is 140 Å². The number of hydrogen-bond donors (Lipinski definition) is 0. The molecule has 0 aliphatic heterocycles. The average molecular weight is 325 g/mol. The second-order valence-electron chi connectivity index (χ2n) is 6.52. The van der Waals surface area contributed by atoms with Crippen LogP contribution in [0.3, 0.4) is 0 Å². The van der Waals surface area contributed by atoms with E-state index in [-0.39, 0.29) is 0 Å². The number of rotatable bonds is 14. The Morgan fingerprint density at radius 3 is 1.67 bits per heavy atom. The van der Waals surface area contributed by atoms with Crippen molar-refractivity contribution in [2.24, 2.45) is 0 Å². The summed E-state index contributed by atoms with van der Waals surface area (Å²) in [6.45, 7) is 2.29. The Kier molecular flexibility index (Phi) is 12.3. The lowest BCUT2D eigenvalue weighted by atomic mass is 10.0. The van der Waals surface area contributed by atoms with Crippen molar-refractivity contribution in [2.45, 2.75) is 96.8 Å². The standard InChI is InChI=1S/C19H36SSi/c1-2-3-4-5-6-7-8-9-10-11-12-13-14-15-18-19(21)16-17-20-18/h16-17H,2-15H2,1,21H3. The van der Waals surface area contributed by atoms with Crippen molar-refractivity contribution in [1.29, 1.82) is 0 Å². The summed E-state index contributed by atoms with van der Waals surface area (Å²) in [5.41, 5.74) is 0. The topological polar surface area (TPSA) is 0 Å². The van der Waals surface area contributed by atoms with Gasteiger partial charge in [-0.1, -0.05) is 95.2 Å². The lowest BCUT2D eigenvalue weighted by Crippen LogP contribution is -2.03. The molecule has 0 saturated heterocycles. The Morgan fingerprint density at radius 1 is 0.762 bits per heavy atom. The molecule has 0 amide bonds. The van der Waals surface area contributed by atoms with Crippen LogP contribution in [0.4, 0.5) is 0 Å². The van der Waals surface area contributed by atoms with E-state index in [1.54, 1.807) is 10.1 Å². The fraction of sp³-hybridized carbons (Fsp3) is 0.789. The molecule has 2 heteroatoms. The second-order valence-corrected chi connectivity index (χ2v) is 8.60. The summed E-state index contributed by atoms with van der Waals surface area (Å²) in [6.07, 6.45) is 20.2. The fourth-order valence-corrected chi connectivity index (χ4v) is 4.93. The monoisotopic (exact) mass is 324 g/mol. The van der Waals surface area contributed by atoms with Crippen LogP contribution < -0.4 is 5.19 Å². The van der Waals surface area contributed by atoms with Gasteiger partial charge in [-0.3, -0.25) is 0 Å². The molecule has 0 N–H and O–H groups in total. The highest BCUT2D eigenvalue weighted by molar-refractivity contribution is 7.11. The molecule has 0 nitrogen and oxygen atoms in total. The minimum Gasteiger partial charge on any atom is -0.149 e. The van der Waals surface area contributed by atoms with Crippen LogP contribution in [-0.4, -0.2) is 10.2 Å². The zero-order chi connectivity index (χ0) is 15.2. The van der Waals surface area contributed by atoms with Crippen LogP contribution in [-0.2, 0) is 6.42 Å². The van der Waals surface area contributed by atoms with Crippen LogP contribution >= 0.6 is 11.3 Å². The predicted molar refractivity (Wildman–Crippen MR) is 103 cm³/mol. The third-order valence-electron chi connectivity index (χ3n) is 4.48. The molecular formula is C19H36SSi. The lowest BCUT2D eigenvalue weighted by Gasteiger charge is -2.03. The van der Waals surface area contributed by atoms with Gasteiger partial charge < -0.3 is 0 Å². The molecule has 0 saturated carbocycles. The molecule has 1 aromatic heterocycles. The first-order valence-corrected chi connectivity index (χ1v) is 11.3. The summed E-state index contributed by atoms with van der Waals surface area (Å²) in [5.74, 6) is 0. The SMILES string of the molecule is CCCCCCCCCCCCCCCc1sccc1[SiH3]. The molecule has 0 radical (unpaired) electrons. The minimum atomic E-state index is 1.23. The summed E-state index contributed by atoms with van der Waals surface area (Å²) in [6, 6.07) is 2.31. The maximum Gasteiger partial charge on any atom is 0.0399 e. The van der Waals surface area contributed by atoms with E-state index < -0.39 is 0 Å². The molecule has 122 valence electrons. The number of aryl methyl sites for hydroxylation is 1. The van der Waals surface area contributed by atoms with E-state index in [1.165, 1.54) is 100 Å². The normalized spacial score (nSPS) is 11.3. The van der Waals surface area contributed by atoms with Crippen molar-refractivity contribution < 1.29 is 0 Å². The molecule has 21 heavy (non-hydrogen) atoms. The predicted octanol–water partition coefficient (Wildman–Crippen LogP) is 5.37. The van der Waals surface area contributed by atoms with Crippen molar-refractivity contribution in [3.8, 4) is 0 Å². The molecule has 1 aromatic rings. The number of unbranched alkanes of at least 4 members (excludes halogenated alkanes) is 12. The molecule has 0 unspecified atom stereocenters. The minimum absolute atomic E-state index is 1.23. The smallest absolute Gasteiger partial charge is 0.0399 e. The van der Waals surface area contributed by atoms with Gasteiger partial charge in [-0.2, -0.15) is 0 Å². The maximum absolute atomic E-state index is 2.31. The van der Waals surface area contributed by atoms with Gasteiger partial charge in [0.1, 0.15) is 0 Å². The summed E-state index contributed by atoms with van der Waals surface area (Å²) in [5, 5.41) is 3.90. The first-order valence-electron chi connectivity index (χ1n) is 9.37. The van der Waals surface area contributed by atoms with Crippen molar-refractivity contribution in [1.82, 2.24) is 0 Å². The van der Waals surface area contributed by atoms with Gasteiger partial charge in [-0.15, -0.1) is 11.3 Å². The van der Waals surface area contributed by atoms with Crippen molar-refractivity contribution >= 4 is 26.8 Å². The number of hydrogen-bond acceptors (Lipinski definition) is 1. The third-order valence-corrected chi connectivity index (χ3v) is 6.86. The first kappa shape index (κ1) is 19.0. The van der Waals surface area contributed by atoms with Crippen molar-refractivity contribution in [3.63, 3.8) is 0 Å². The van der Waals surface area contributed by atoms with E-state index in [4.69, 9.17) is 0 Å². The summed E-state index contributed by atoms with van der Waals surface area (Å²) in [4.78, 5) is 1.67. The van der Waals surface area contributed by atoms with Crippen LogP contribution in [0.25, 0.3) is 0 Å². The highest BCUT2D eigenvalue weighted by Crippen LogP contribution is 2.14. The third kappa shape index (κ3) is 10.3. The fourth-order valence-electron chi connectivity index (χ4n) is 2.96. The Bertz CT molecular complexity index is 332. The Hall–Kier alpha value is -0.0831. The molecule has 0 spiro atoms. The Balaban J connectivity index is 1.76. The van der Waals surface area contributed by atoms with Crippen LogP contribution in [0.5, 0.6) is 0 Å². The van der Waals surface area contributed by atoms with E-state index in [2.05, 4.69) is 18.4 Å². The van der Waals surface area contributed by atoms with Crippen LogP contribution in [0.2, 0.25) is 0 Å². The lowest BCUT2D eigenvalue weighted by molar-refractivity contribution is 0.540. The van der Waals surface area contributed by atoms with E-state index >= 15 is 0 Å². The van der Waals surface area contributed by atoms with Crippen LogP contribution in [0.1, 0.15) is 95.3 Å². The molecule has 0 aromatic carbocycles. The second kappa shape index (κ2) is 13.6. The van der Waals surface area contributed by atoms with Crippen LogP contribution in [0, 0.1) is 0 Å². The van der Waals surface area contributed by atoms with Crippen molar-refractivity contribution in [3.05, 3.63) is 16.3 Å². The van der Waals surface area contributed by atoms with Gasteiger partial charge >= 0.3 is 0 Å². The van der Waals surface area contributed by atoms with Gasteiger partial charge in [0, 0.05) is 15.1 Å². The van der Waals surface area contributed by atoms with Gasteiger partial charge in [0.2, 0.25) is 0 Å². The zero-order valence-electron chi connectivity index (χ0n) is 14.5. The van der Waals surface area contributed by atoms with E-state index in [0.717, 1.165) is 0 Å². The van der Waals surface area contributed by atoms with Gasteiger partial charge in [0.25, 0.3) is 0 Å². The summed E-state index contributed by atoms with van der Waals surface area (Å²) >= 11 is 1.97. The highest BCUT2D eigenvalue weighted by atomic mass is 32.1. The Morgan fingerprint density at radius 2 is 1.24 bits per heavy atom. The largest absolute Gasteiger partial charge is 0.149 e. The summed E-state index contributed by atoms with van der Waals surface area (Å²) < 4.78 is 0. The molecule has 0 fully saturated rings. The molecule has 1 rings (SSSR count). The molecule has 0 atom stereocenters. The first-order chi connectivity index (χ1) is 10.3. The van der Waals surface area contributed by atoms with Gasteiger partial charge in [-0.05, 0) is 18.2 Å². The van der Waals surface area contributed by atoms with Gasteiger partial charge in [0.15, 0.2) is 0 Å². The average Bonchev–Trinajstić information content (AvgIpc) is 2.89. The molecular weight excluding hydrogens is 288 g/mol. The summed E-state index contributed by atoms with van der Waals surface area (Å²) in [7, 11) is 1.23. The molecule has 0 aliphatic carbocycles. The quantitative estimate of drug-likeness (QED) is 0.319. The van der Waals surface area contributed by atoms with Gasteiger partial charge in [-0.25, -0.2) is 0 Å². The molecule has 0 bridgehead atoms. The van der Waals surface area contributed by atoms with Gasteiger partial charge in [0.05, 0.1) is 0 Å². The van der Waals surface area contributed by atoms with Crippen molar-refractivity contribution in [2.75, 3.05) is 0 Å². The van der Waals surface area contributed by atoms with Crippen LogP contribution in [0.15, 0.2) is 11.4 Å². The maximum atomic E-state index is 2.31. The zero-order valence-corrected chi connectivity index (χ0v) is 17.3. The number of thiophene rings is 1. The van der Waals surface area contributed by atoms with E-state index in [9.17, 15) is 0 Å². The van der Waals surface area contributed by atoms with E-state index in [1.807, 2.05) is 11.3 Å². The molecule has 0 aliphatic rings. The molecule has 1 heterocycles. The highest BCUT2D eigenvalue weighted by Gasteiger charge is 1.99. The van der Waals surface area contributed by atoms with E-state index in [0.29, 0.717) is 0 Å².